The normalized spacial score (nSPS) is 10.1. The van der Waals surface area contributed by atoms with Gasteiger partial charge >= 0.3 is 0 Å². The number of nitrogens with one attached hydrogen (secondary N) is 2. The summed E-state index contributed by atoms with van der Waals surface area (Å²) in [6.07, 6.45) is 2.87. The number of aromatic amines is 1. The van der Waals surface area contributed by atoms with E-state index in [1.165, 1.54) is 18.5 Å². The summed E-state index contributed by atoms with van der Waals surface area (Å²) in [7, 11) is 0. The van der Waals surface area contributed by atoms with Gasteiger partial charge in [0.1, 0.15) is 5.56 Å². The predicted molar refractivity (Wildman–Crippen MR) is 69.7 cm³/mol. The fourth-order valence-electron chi connectivity index (χ4n) is 1.52. The van der Waals surface area contributed by atoms with Gasteiger partial charge in [0.25, 0.3) is 5.91 Å². The smallest absolute Gasteiger partial charge is 0.257 e. The average Bonchev–Trinajstić information content (AvgIpc) is 2.37. The molecule has 0 fully saturated rings. The fraction of sp³-hybridized carbons (Fsp3) is 0.0769. The first-order valence-corrected chi connectivity index (χ1v) is 5.74. The molecule has 0 spiro atoms. The molecule has 5 heteroatoms. The fourth-order valence-corrected chi connectivity index (χ4v) is 1.73. The highest BCUT2D eigenvalue weighted by atomic mass is 35.5. The molecule has 0 atom stereocenters. The van der Waals surface area contributed by atoms with Crippen LogP contribution in [0.1, 0.15) is 15.9 Å². The second kappa shape index (κ2) is 5.51. The van der Waals surface area contributed by atoms with E-state index in [-0.39, 0.29) is 11.0 Å². The summed E-state index contributed by atoms with van der Waals surface area (Å²) in [5.74, 6) is -0.406. The molecule has 0 bridgehead atoms. The first-order valence-electron chi connectivity index (χ1n) is 5.36. The summed E-state index contributed by atoms with van der Waals surface area (Å²) in [6, 6.07) is 8.49. The SMILES string of the molecule is O=C(NCc1cccc(Cl)c1)c1c[nH]ccc1=O. The van der Waals surface area contributed by atoms with Crippen molar-refractivity contribution in [1.82, 2.24) is 10.3 Å². The van der Waals surface area contributed by atoms with Crippen molar-refractivity contribution in [2.75, 3.05) is 0 Å². The quantitative estimate of drug-likeness (QED) is 0.888. The van der Waals surface area contributed by atoms with E-state index in [1.807, 2.05) is 6.07 Å². The lowest BCUT2D eigenvalue weighted by Crippen LogP contribution is -2.27. The second-order valence-corrected chi connectivity index (χ2v) is 4.17. The third kappa shape index (κ3) is 2.99. The van der Waals surface area contributed by atoms with Gasteiger partial charge < -0.3 is 10.3 Å². The number of halogens is 1. The van der Waals surface area contributed by atoms with Crippen LogP contribution in [0.5, 0.6) is 0 Å². The van der Waals surface area contributed by atoms with Crippen molar-refractivity contribution in [3.05, 3.63) is 69.1 Å². The Labute approximate surface area is 109 Å². The number of carbonyl (C=O) groups excluding carboxylic acids is 1. The van der Waals surface area contributed by atoms with Crippen LogP contribution < -0.4 is 10.7 Å². The minimum atomic E-state index is -0.406. The molecule has 0 aliphatic heterocycles. The van der Waals surface area contributed by atoms with Crippen LogP contribution in [0, 0.1) is 0 Å². The van der Waals surface area contributed by atoms with Gasteiger partial charge in [0, 0.05) is 30.0 Å². The van der Waals surface area contributed by atoms with E-state index in [1.54, 1.807) is 18.2 Å². The molecule has 18 heavy (non-hydrogen) atoms. The van der Waals surface area contributed by atoms with E-state index < -0.39 is 5.91 Å². The van der Waals surface area contributed by atoms with Gasteiger partial charge in [-0.2, -0.15) is 0 Å². The number of pyridine rings is 1. The Bertz CT molecular complexity index is 622. The Morgan fingerprint density at radius 1 is 1.33 bits per heavy atom. The maximum atomic E-state index is 11.8. The van der Waals surface area contributed by atoms with Crippen molar-refractivity contribution >= 4 is 17.5 Å². The van der Waals surface area contributed by atoms with Gasteiger partial charge in [-0.1, -0.05) is 23.7 Å². The Morgan fingerprint density at radius 3 is 2.89 bits per heavy atom. The monoisotopic (exact) mass is 262 g/mol. The number of carbonyl (C=O) groups is 1. The lowest BCUT2D eigenvalue weighted by molar-refractivity contribution is 0.0949. The van der Waals surface area contributed by atoms with Gasteiger partial charge in [0.2, 0.25) is 0 Å². The minimum Gasteiger partial charge on any atom is -0.367 e. The molecule has 1 aromatic heterocycles. The highest BCUT2D eigenvalue weighted by molar-refractivity contribution is 6.30. The van der Waals surface area contributed by atoms with Crippen LogP contribution in [0.25, 0.3) is 0 Å². The first-order chi connectivity index (χ1) is 8.66. The Balaban J connectivity index is 2.05. The molecule has 4 nitrogen and oxygen atoms in total. The maximum absolute atomic E-state index is 11.8. The van der Waals surface area contributed by atoms with Crippen LogP contribution in [0.2, 0.25) is 5.02 Å². The van der Waals surface area contributed by atoms with Crippen molar-refractivity contribution in [3.63, 3.8) is 0 Å². The van der Waals surface area contributed by atoms with Crippen LogP contribution >= 0.6 is 11.6 Å². The standard InChI is InChI=1S/C13H11ClN2O2/c14-10-3-1-2-9(6-10)7-16-13(18)11-8-15-5-4-12(11)17/h1-6,8H,7H2,(H,15,17)(H,16,18). The molecule has 2 rings (SSSR count). The average molecular weight is 263 g/mol. The molecule has 0 unspecified atom stereocenters. The molecule has 0 aliphatic rings. The Kier molecular flexibility index (Phi) is 3.79. The van der Waals surface area contributed by atoms with Crippen molar-refractivity contribution in [3.8, 4) is 0 Å². The molecule has 1 amide bonds. The van der Waals surface area contributed by atoms with Crippen molar-refractivity contribution in [2.24, 2.45) is 0 Å². The number of benzene rings is 1. The van der Waals surface area contributed by atoms with Crippen LogP contribution in [-0.4, -0.2) is 10.9 Å². The summed E-state index contributed by atoms with van der Waals surface area (Å²) in [6.45, 7) is 0.327. The first kappa shape index (κ1) is 12.4. The van der Waals surface area contributed by atoms with E-state index >= 15 is 0 Å². The van der Waals surface area contributed by atoms with Crippen LogP contribution in [0.3, 0.4) is 0 Å². The summed E-state index contributed by atoms with van der Waals surface area (Å²) in [4.78, 5) is 25.9. The molecule has 92 valence electrons. The molecular weight excluding hydrogens is 252 g/mol. The van der Waals surface area contributed by atoms with Gasteiger partial charge in [-0.15, -0.1) is 0 Å². The van der Waals surface area contributed by atoms with E-state index in [4.69, 9.17) is 11.6 Å². The molecule has 0 aliphatic carbocycles. The van der Waals surface area contributed by atoms with Gasteiger partial charge in [-0.25, -0.2) is 0 Å². The topological polar surface area (TPSA) is 62.0 Å². The molecule has 2 aromatic rings. The van der Waals surface area contributed by atoms with Crippen molar-refractivity contribution < 1.29 is 4.79 Å². The highest BCUT2D eigenvalue weighted by Crippen LogP contribution is 2.10. The van der Waals surface area contributed by atoms with Crippen molar-refractivity contribution in [1.29, 1.82) is 0 Å². The lowest BCUT2D eigenvalue weighted by atomic mass is 10.2. The van der Waals surface area contributed by atoms with Crippen LogP contribution in [-0.2, 0) is 6.54 Å². The van der Waals surface area contributed by atoms with Gasteiger partial charge in [-0.3, -0.25) is 9.59 Å². The number of aromatic nitrogens is 1. The number of H-pyrrole nitrogens is 1. The largest absolute Gasteiger partial charge is 0.367 e. The van der Waals surface area contributed by atoms with Crippen LogP contribution in [0.4, 0.5) is 0 Å². The third-order valence-corrected chi connectivity index (χ3v) is 2.65. The van der Waals surface area contributed by atoms with E-state index in [2.05, 4.69) is 10.3 Å². The van der Waals surface area contributed by atoms with Crippen LogP contribution in [0.15, 0.2) is 47.5 Å². The number of hydrogen-bond acceptors (Lipinski definition) is 2. The third-order valence-electron chi connectivity index (χ3n) is 2.41. The number of amides is 1. The number of rotatable bonds is 3. The minimum absolute atomic E-state index is 0.0968. The lowest BCUT2D eigenvalue weighted by Gasteiger charge is -2.05. The summed E-state index contributed by atoms with van der Waals surface area (Å²) < 4.78 is 0. The van der Waals surface area contributed by atoms with Gasteiger partial charge in [0.15, 0.2) is 5.43 Å². The maximum Gasteiger partial charge on any atom is 0.257 e. The van der Waals surface area contributed by atoms with E-state index in [0.717, 1.165) is 5.56 Å². The van der Waals surface area contributed by atoms with Crippen molar-refractivity contribution in [2.45, 2.75) is 6.54 Å². The van der Waals surface area contributed by atoms with Gasteiger partial charge in [-0.05, 0) is 17.7 Å². The zero-order valence-corrected chi connectivity index (χ0v) is 10.2. The summed E-state index contributed by atoms with van der Waals surface area (Å²) in [5, 5.41) is 3.28. The molecule has 0 radical (unpaired) electrons. The molecule has 2 N–H and O–H groups in total. The zero-order chi connectivity index (χ0) is 13.0. The highest BCUT2D eigenvalue weighted by Gasteiger charge is 2.08. The molecule has 1 aromatic carbocycles. The summed E-state index contributed by atoms with van der Waals surface area (Å²) >= 11 is 5.83. The van der Waals surface area contributed by atoms with Gasteiger partial charge in [0.05, 0.1) is 0 Å². The zero-order valence-electron chi connectivity index (χ0n) is 9.44. The Hall–Kier alpha value is -2.07. The molecule has 0 saturated heterocycles. The van der Waals surface area contributed by atoms with E-state index in [9.17, 15) is 9.59 Å². The Morgan fingerprint density at radius 2 is 2.17 bits per heavy atom. The second-order valence-electron chi connectivity index (χ2n) is 3.73. The summed E-state index contributed by atoms with van der Waals surface area (Å²) in [5.41, 5.74) is 0.667. The van der Waals surface area contributed by atoms with E-state index in [0.29, 0.717) is 11.6 Å². The predicted octanol–water partition coefficient (Wildman–Crippen LogP) is 1.96. The molecular formula is C13H11ClN2O2. The molecule has 0 saturated carbocycles. The number of hydrogen-bond donors (Lipinski definition) is 2. The molecule has 1 heterocycles.